The van der Waals surface area contributed by atoms with Gasteiger partial charge in [0.05, 0.1) is 0 Å². The summed E-state index contributed by atoms with van der Waals surface area (Å²) in [7, 11) is 0. The van der Waals surface area contributed by atoms with Crippen LogP contribution in [0.5, 0.6) is 0 Å². The van der Waals surface area contributed by atoms with Gasteiger partial charge in [0.15, 0.2) is 0 Å². The van der Waals surface area contributed by atoms with Crippen LogP contribution in [0, 0.1) is 0 Å². The molecule has 1 aliphatic rings. The molecule has 5 heteroatoms. The third kappa shape index (κ3) is 2.61. The zero-order valence-corrected chi connectivity index (χ0v) is 11.1. The maximum absolute atomic E-state index is 11.0. The molecular weight excluding hydrogens is 248 g/mol. The van der Waals surface area contributed by atoms with Crippen LogP contribution in [0.4, 0.5) is 4.79 Å². The molecule has 0 unspecified atom stereocenters. The Morgan fingerprint density at radius 1 is 1.33 bits per heavy atom. The summed E-state index contributed by atoms with van der Waals surface area (Å²) in [6.07, 6.45) is -0.854. The second-order valence-electron chi connectivity index (χ2n) is 4.44. The summed E-state index contributed by atoms with van der Waals surface area (Å²) in [4.78, 5) is 15.3. The molecule has 0 saturated carbocycles. The van der Waals surface area contributed by atoms with E-state index in [2.05, 4.69) is 4.90 Å². The van der Waals surface area contributed by atoms with Gasteiger partial charge in [-0.05, 0) is 6.92 Å². The average molecular weight is 264 g/mol. The fraction of sp³-hybridized carbons (Fsp3) is 0.385. The number of hydrogen-bond donors (Lipinski definition) is 1. The monoisotopic (exact) mass is 264 g/mol. The van der Waals surface area contributed by atoms with Crippen LogP contribution in [0.15, 0.2) is 30.3 Å². The third-order valence-corrected chi connectivity index (χ3v) is 3.68. The Hall–Kier alpha value is -1.62. The number of amides is 1. The first kappa shape index (κ1) is 12.8. The number of nitrogens with zero attached hydrogens (tertiary/aromatic N) is 2. The predicted molar refractivity (Wildman–Crippen MR) is 73.9 cm³/mol. The van der Waals surface area contributed by atoms with Crippen molar-refractivity contribution in [2.75, 3.05) is 19.6 Å². The number of carboxylic acid groups (broad SMARTS) is 1. The smallest absolute Gasteiger partial charge is 0.407 e. The Kier molecular flexibility index (Phi) is 3.81. The SMILES string of the molecule is C[C@@H]1CN(C(=S)c2ccccc2)CCN1C(=O)O. The molecule has 0 bridgehead atoms. The van der Waals surface area contributed by atoms with Gasteiger partial charge in [-0.1, -0.05) is 42.5 Å². The summed E-state index contributed by atoms with van der Waals surface area (Å²) in [5.41, 5.74) is 1.02. The predicted octanol–water partition coefficient (Wildman–Crippen LogP) is 2.05. The van der Waals surface area contributed by atoms with Gasteiger partial charge < -0.3 is 14.9 Å². The summed E-state index contributed by atoms with van der Waals surface area (Å²) in [5, 5.41) is 9.03. The van der Waals surface area contributed by atoms with Crippen molar-refractivity contribution in [1.29, 1.82) is 0 Å². The molecule has 0 aliphatic carbocycles. The van der Waals surface area contributed by atoms with Gasteiger partial charge in [0.25, 0.3) is 0 Å². The average Bonchev–Trinajstić information content (AvgIpc) is 2.38. The van der Waals surface area contributed by atoms with E-state index in [4.69, 9.17) is 17.3 Å². The maximum atomic E-state index is 11.0. The van der Waals surface area contributed by atoms with Crippen molar-refractivity contribution in [1.82, 2.24) is 9.80 Å². The molecule has 1 aliphatic heterocycles. The summed E-state index contributed by atoms with van der Waals surface area (Å²) in [6.45, 7) is 3.72. The minimum absolute atomic E-state index is 0.0297. The maximum Gasteiger partial charge on any atom is 0.407 e. The summed E-state index contributed by atoms with van der Waals surface area (Å²) < 4.78 is 0. The molecule has 1 aromatic carbocycles. The van der Waals surface area contributed by atoms with Crippen molar-refractivity contribution in [3.63, 3.8) is 0 Å². The number of thiocarbonyl (C=S) groups is 1. The van der Waals surface area contributed by atoms with E-state index in [0.29, 0.717) is 19.6 Å². The standard InChI is InChI=1S/C13H16N2O2S/c1-10-9-14(7-8-15(10)13(16)17)12(18)11-5-3-2-4-6-11/h2-6,10H,7-9H2,1H3,(H,16,17)/t10-/m1/s1. The lowest BCUT2D eigenvalue weighted by atomic mass is 10.1. The van der Waals surface area contributed by atoms with E-state index in [1.54, 1.807) is 0 Å². The number of benzene rings is 1. The van der Waals surface area contributed by atoms with Crippen LogP contribution in [0.25, 0.3) is 0 Å². The highest BCUT2D eigenvalue weighted by Gasteiger charge is 2.28. The summed E-state index contributed by atoms with van der Waals surface area (Å²) >= 11 is 5.46. The lowest BCUT2D eigenvalue weighted by molar-refractivity contribution is 0.0972. The van der Waals surface area contributed by atoms with Gasteiger partial charge in [0.1, 0.15) is 4.99 Å². The highest BCUT2D eigenvalue weighted by molar-refractivity contribution is 7.80. The number of carbonyl (C=O) groups is 1. The first-order chi connectivity index (χ1) is 8.59. The quantitative estimate of drug-likeness (QED) is 0.788. The molecule has 1 heterocycles. The molecule has 0 radical (unpaired) electrons. The van der Waals surface area contributed by atoms with Crippen LogP contribution in [-0.4, -0.2) is 51.7 Å². The van der Waals surface area contributed by atoms with Gasteiger partial charge >= 0.3 is 6.09 Å². The Balaban J connectivity index is 2.05. The molecule has 0 spiro atoms. The van der Waals surface area contributed by atoms with E-state index in [1.807, 2.05) is 37.3 Å². The number of piperazine rings is 1. The zero-order chi connectivity index (χ0) is 13.1. The highest BCUT2D eigenvalue weighted by atomic mass is 32.1. The third-order valence-electron chi connectivity index (χ3n) is 3.18. The van der Waals surface area contributed by atoms with E-state index < -0.39 is 6.09 Å². The second kappa shape index (κ2) is 5.35. The Bertz CT molecular complexity index is 450. The second-order valence-corrected chi connectivity index (χ2v) is 4.83. The summed E-state index contributed by atoms with van der Waals surface area (Å²) in [6, 6.07) is 9.80. The molecule has 1 atom stereocenters. The molecule has 1 amide bonds. The molecule has 4 nitrogen and oxygen atoms in total. The van der Waals surface area contributed by atoms with Crippen molar-refractivity contribution in [3.05, 3.63) is 35.9 Å². The van der Waals surface area contributed by atoms with E-state index >= 15 is 0 Å². The van der Waals surface area contributed by atoms with Crippen LogP contribution < -0.4 is 0 Å². The first-order valence-corrected chi connectivity index (χ1v) is 6.34. The molecule has 1 aromatic rings. The Morgan fingerprint density at radius 2 is 2.00 bits per heavy atom. The zero-order valence-electron chi connectivity index (χ0n) is 10.2. The number of rotatable bonds is 1. The van der Waals surface area contributed by atoms with Gasteiger partial charge in [-0.25, -0.2) is 4.79 Å². The molecular formula is C13H16N2O2S. The van der Waals surface area contributed by atoms with E-state index in [9.17, 15) is 4.79 Å². The Labute approximate surface area is 112 Å². The fourth-order valence-corrected chi connectivity index (χ4v) is 2.49. The van der Waals surface area contributed by atoms with Gasteiger partial charge in [-0.15, -0.1) is 0 Å². The normalized spacial score (nSPS) is 19.7. The molecule has 1 N–H and O–H groups in total. The van der Waals surface area contributed by atoms with E-state index in [1.165, 1.54) is 4.90 Å². The lowest BCUT2D eigenvalue weighted by Crippen LogP contribution is -2.54. The van der Waals surface area contributed by atoms with E-state index in [-0.39, 0.29) is 6.04 Å². The van der Waals surface area contributed by atoms with Crippen molar-refractivity contribution in [2.45, 2.75) is 13.0 Å². The van der Waals surface area contributed by atoms with Crippen LogP contribution >= 0.6 is 12.2 Å². The van der Waals surface area contributed by atoms with Crippen molar-refractivity contribution < 1.29 is 9.90 Å². The fourth-order valence-electron chi connectivity index (χ4n) is 2.19. The lowest BCUT2D eigenvalue weighted by Gasteiger charge is -2.39. The van der Waals surface area contributed by atoms with Crippen LogP contribution in [-0.2, 0) is 0 Å². The molecule has 18 heavy (non-hydrogen) atoms. The topological polar surface area (TPSA) is 43.8 Å². The highest BCUT2D eigenvalue weighted by Crippen LogP contribution is 2.14. The molecule has 1 saturated heterocycles. The molecule has 96 valence electrons. The van der Waals surface area contributed by atoms with Gasteiger partial charge in [0.2, 0.25) is 0 Å². The van der Waals surface area contributed by atoms with Crippen LogP contribution in [0.1, 0.15) is 12.5 Å². The largest absolute Gasteiger partial charge is 0.465 e. The summed E-state index contributed by atoms with van der Waals surface area (Å²) in [5.74, 6) is 0. The van der Waals surface area contributed by atoms with Crippen molar-refractivity contribution >= 4 is 23.3 Å². The molecule has 0 aromatic heterocycles. The van der Waals surface area contributed by atoms with Crippen LogP contribution in [0.2, 0.25) is 0 Å². The first-order valence-electron chi connectivity index (χ1n) is 5.93. The van der Waals surface area contributed by atoms with Crippen molar-refractivity contribution in [3.8, 4) is 0 Å². The minimum atomic E-state index is -0.854. The molecule has 1 fully saturated rings. The Morgan fingerprint density at radius 3 is 2.56 bits per heavy atom. The van der Waals surface area contributed by atoms with Gasteiger partial charge in [-0.3, -0.25) is 0 Å². The minimum Gasteiger partial charge on any atom is -0.465 e. The van der Waals surface area contributed by atoms with Gasteiger partial charge in [-0.2, -0.15) is 0 Å². The van der Waals surface area contributed by atoms with Gasteiger partial charge in [0, 0.05) is 31.2 Å². The van der Waals surface area contributed by atoms with Crippen molar-refractivity contribution in [2.24, 2.45) is 0 Å². The van der Waals surface area contributed by atoms with Crippen LogP contribution in [0.3, 0.4) is 0 Å². The molecule has 2 rings (SSSR count). The van der Waals surface area contributed by atoms with E-state index in [0.717, 1.165) is 10.6 Å². The number of hydrogen-bond acceptors (Lipinski definition) is 2.